The average Bonchev–Trinajstić information content (AvgIpc) is 2.45. The van der Waals surface area contributed by atoms with E-state index in [2.05, 4.69) is 4.98 Å². The first-order valence-electron chi connectivity index (χ1n) is 6.10. The SMILES string of the molecule is CC[C@@H](O)c1ccccc1OCc1ccncc1. The van der Waals surface area contributed by atoms with Gasteiger partial charge in [0.2, 0.25) is 0 Å². The summed E-state index contributed by atoms with van der Waals surface area (Å²) in [6.45, 7) is 2.43. The third-order valence-corrected chi connectivity index (χ3v) is 2.81. The summed E-state index contributed by atoms with van der Waals surface area (Å²) >= 11 is 0. The van der Waals surface area contributed by atoms with Gasteiger partial charge >= 0.3 is 0 Å². The molecule has 94 valence electrons. The van der Waals surface area contributed by atoms with E-state index in [1.165, 1.54) is 0 Å². The summed E-state index contributed by atoms with van der Waals surface area (Å²) in [5, 5.41) is 9.92. The molecule has 0 saturated carbocycles. The number of hydrogen-bond donors (Lipinski definition) is 1. The number of benzene rings is 1. The van der Waals surface area contributed by atoms with Crippen molar-refractivity contribution >= 4 is 0 Å². The molecule has 0 saturated heterocycles. The quantitative estimate of drug-likeness (QED) is 0.877. The minimum absolute atomic E-state index is 0.473. The molecule has 18 heavy (non-hydrogen) atoms. The van der Waals surface area contributed by atoms with Crippen molar-refractivity contribution in [2.75, 3.05) is 0 Å². The summed E-state index contributed by atoms with van der Waals surface area (Å²) in [6.07, 6.45) is 3.69. The molecule has 0 aliphatic heterocycles. The number of nitrogens with zero attached hydrogens (tertiary/aromatic N) is 1. The van der Waals surface area contributed by atoms with Crippen molar-refractivity contribution in [3.63, 3.8) is 0 Å². The zero-order valence-corrected chi connectivity index (χ0v) is 10.4. The van der Waals surface area contributed by atoms with Crippen molar-refractivity contribution in [1.82, 2.24) is 4.98 Å². The molecule has 3 heteroatoms. The van der Waals surface area contributed by atoms with Crippen LogP contribution in [0.25, 0.3) is 0 Å². The highest BCUT2D eigenvalue weighted by molar-refractivity contribution is 5.35. The summed E-state index contributed by atoms with van der Waals surface area (Å²) in [7, 11) is 0. The monoisotopic (exact) mass is 243 g/mol. The van der Waals surface area contributed by atoms with E-state index in [1.807, 2.05) is 43.3 Å². The van der Waals surface area contributed by atoms with Crippen molar-refractivity contribution in [2.45, 2.75) is 26.1 Å². The van der Waals surface area contributed by atoms with Crippen LogP contribution >= 0.6 is 0 Å². The summed E-state index contributed by atoms with van der Waals surface area (Å²) in [4.78, 5) is 3.96. The number of aromatic nitrogens is 1. The first-order valence-corrected chi connectivity index (χ1v) is 6.10. The highest BCUT2D eigenvalue weighted by Gasteiger charge is 2.10. The molecule has 0 amide bonds. The Labute approximate surface area is 107 Å². The van der Waals surface area contributed by atoms with Crippen molar-refractivity contribution in [3.05, 3.63) is 59.9 Å². The van der Waals surface area contributed by atoms with Crippen molar-refractivity contribution in [2.24, 2.45) is 0 Å². The fourth-order valence-corrected chi connectivity index (χ4v) is 1.75. The standard InChI is InChI=1S/C15H17NO2/c1-2-14(17)13-5-3-4-6-15(13)18-11-12-7-9-16-10-8-12/h3-10,14,17H,2,11H2,1H3/t14-/m1/s1. The van der Waals surface area contributed by atoms with Crippen LogP contribution in [0.2, 0.25) is 0 Å². The molecule has 0 aliphatic rings. The fraction of sp³-hybridized carbons (Fsp3) is 0.267. The zero-order chi connectivity index (χ0) is 12.8. The topological polar surface area (TPSA) is 42.4 Å². The van der Waals surface area contributed by atoms with Crippen LogP contribution in [0.4, 0.5) is 0 Å². The van der Waals surface area contributed by atoms with Gasteiger partial charge in [-0.3, -0.25) is 4.98 Å². The molecule has 0 spiro atoms. The maximum absolute atomic E-state index is 9.92. The molecule has 0 unspecified atom stereocenters. The number of pyridine rings is 1. The van der Waals surface area contributed by atoms with Crippen LogP contribution < -0.4 is 4.74 Å². The Morgan fingerprint density at radius 1 is 1.17 bits per heavy atom. The minimum Gasteiger partial charge on any atom is -0.489 e. The first-order chi connectivity index (χ1) is 8.81. The van der Waals surface area contributed by atoms with E-state index in [4.69, 9.17) is 4.74 Å². The van der Waals surface area contributed by atoms with Gasteiger partial charge in [0, 0.05) is 18.0 Å². The molecule has 0 bridgehead atoms. The molecule has 1 N–H and O–H groups in total. The lowest BCUT2D eigenvalue weighted by atomic mass is 10.1. The van der Waals surface area contributed by atoms with Gasteiger partial charge < -0.3 is 9.84 Å². The van der Waals surface area contributed by atoms with Crippen molar-refractivity contribution in [3.8, 4) is 5.75 Å². The predicted octanol–water partition coefficient (Wildman–Crippen LogP) is 3.10. The van der Waals surface area contributed by atoms with Gasteiger partial charge in [0.05, 0.1) is 6.10 Å². The lowest BCUT2D eigenvalue weighted by Gasteiger charge is -2.14. The molecule has 0 radical (unpaired) electrons. The molecule has 0 fully saturated rings. The van der Waals surface area contributed by atoms with Crippen LogP contribution in [-0.4, -0.2) is 10.1 Å². The number of aliphatic hydroxyl groups excluding tert-OH is 1. The first kappa shape index (κ1) is 12.6. The number of aliphatic hydroxyl groups is 1. The van der Waals surface area contributed by atoms with Gasteiger partial charge in [-0.25, -0.2) is 0 Å². The Balaban J connectivity index is 2.10. The van der Waals surface area contributed by atoms with Crippen LogP contribution in [0, 0.1) is 0 Å². The highest BCUT2D eigenvalue weighted by atomic mass is 16.5. The number of rotatable bonds is 5. The number of para-hydroxylation sites is 1. The van der Waals surface area contributed by atoms with Crippen LogP contribution in [0.5, 0.6) is 5.75 Å². The van der Waals surface area contributed by atoms with Gasteiger partial charge in [-0.15, -0.1) is 0 Å². The summed E-state index contributed by atoms with van der Waals surface area (Å²) in [6, 6.07) is 11.4. The second kappa shape index (κ2) is 6.17. The Bertz CT molecular complexity index is 485. The highest BCUT2D eigenvalue weighted by Crippen LogP contribution is 2.27. The largest absolute Gasteiger partial charge is 0.489 e. The lowest BCUT2D eigenvalue weighted by molar-refractivity contribution is 0.166. The third kappa shape index (κ3) is 3.08. The Morgan fingerprint density at radius 2 is 1.89 bits per heavy atom. The normalized spacial score (nSPS) is 12.1. The van der Waals surface area contributed by atoms with Gasteiger partial charge in [0.15, 0.2) is 0 Å². The van der Waals surface area contributed by atoms with E-state index >= 15 is 0 Å². The van der Waals surface area contributed by atoms with Crippen LogP contribution in [0.3, 0.4) is 0 Å². The molecular weight excluding hydrogens is 226 g/mol. The molecule has 2 rings (SSSR count). The van der Waals surface area contributed by atoms with Gasteiger partial charge in [-0.05, 0) is 30.2 Å². The maximum atomic E-state index is 9.92. The lowest BCUT2D eigenvalue weighted by Crippen LogP contribution is -2.02. The van der Waals surface area contributed by atoms with Crippen LogP contribution in [0.15, 0.2) is 48.8 Å². The van der Waals surface area contributed by atoms with Crippen LogP contribution in [-0.2, 0) is 6.61 Å². The van der Waals surface area contributed by atoms with E-state index in [1.54, 1.807) is 12.4 Å². The van der Waals surface area contributed by atoms with Gasteiger partial charge in [0.1, 0.15) is 12.4 Å². The smallest absolute Gasteiger partial charge is 0.125 e. The third-order valence-electron chi connectivity index (χ3n) is 2.81. The molecule has 3 nitrogen and oxygen atoms in total. The summed E-state index contributed by atoms with van der Waals surface area (Å²) in [5.41, 5.74) is 1.90. The summed E-state index contributed by atoms with van der Waals surface area (Å²) in [5.74, 6) is 0.740. The Kier molecular flexibility index (Phi) is 4.31. The molecule has 1 heterocycles. The van der Waals surface area contributed by atoms with E-state index < -0.39 is 6.10 Å². The van der Waals surface area contributed by atoms with E-state index in [9.17, 15) is 5.11 Å². The predicted molar refractivity (Wildman–Crippen MR) is 70.3 cm³/mol. The van der Waals surface area contributed by atoms with Gasteiger partial charge in [0.25, 0.3) is 0 Å². The Hall–Kier alpha value is -1.87. The second-order valence-electron chi connectivity index (χ2n) is 4.11. The average molecular weight is 243 g/mol. The molecule has 2 aromatic rings. The van der Waals surface area contributed by atoms with Gasteiger partial charge in [-0.1, -0.05) is 25.1 Å². The molecule has 1 aromatic heterocycles. The second-order valence-corrected chi connectivity index (χ2v) is 4.11. The van der Waals surface area contributed by atoms with E-state index in [0.717, 1.165) is 16.9 Å². The van der Waals surface area contributed by atoms with Crippen molar-refractivity contribution < 1.29 is 9.84 Å². The van der Waals surface area contributed by atoms with Crippen LogP contribution in [0.1, 0.15) is 30.6 Å². The number of ether oxygens (including phenoxy) is 1. The fourth-order valence-electron chi connectivity index (χ4n) is 1.75. The Morgan fingerprint density at radius 3 is 2.61 bits per heavy atom. The number of hydrogen-bond acceptors (Lipinski definition) is 3. The van der Waals surface area contributed by atoms with E-state index in [0.29, 0.717) is 13.0 Å². The summed E-state index contributed by atoms with van der Waals surface area (Å²) < 4.78 is 5.76. The molecule has 1 aromatic carbocycles. The maximum Gasteiger partial charge on any atom is 0.125 e. The molecular formula is C15H17NO2. The van der Waals surface area contributed by atoms with E-state index in [-0.39, 0.29) is 0 Å². The minimum atomic E-state index is -0.473. The zero-order valence-electron chi connectivity index (χ0n) is 10.4. The van der Waals surface area contributed by atoms with Crippen molar-refractivity contribution in [1.29, 1.82) is 0 Å². The molecule has 0 aliphatic carbocycles. The molecule has 1 atom stereocenters. The van der Waals surface area contributed by atoms with Gasteiger partial charge in [-0.2, -0.15) is 0 Å².